The van der Waals surface area contributed by atoms with Gasteiger partial charge < -0.3 is 5.73 Å². The van der Waals surface area contributed by atoms with Gasteiger partial charge >= 0.3 is 0 Å². The molecule has 0 aromatic carbocycles. The van der Waals surface area contributed by atoms with Crippen molar-refractivity contribution in [2.24, 2.45) is 5.73 Å². The number of nitrogens with two attached hydrogens (primary N) is 1. The second kappa shape index (κ2) is 3.12. The van der Waals surface area contributed by atoms with Crippen LogP contribution in [0.25, 0.3) is 4.96 Å². The number of aromatic nitrogens is 2. The van der Waals surface area contributed by atoms with Crippen molar-refractivity contribution < 1.29 is 0 Å². The van der Waals surface area contributed by atoms with Crippen molar-refractivity contribution >= 4 is 16.3 Å². The monoisotopic (exact) mass is 195 g/mol. The second-order valence-corrected chi connectivity index (χ2v) is 4.01. The van der Waals surface area contributed by atoms with Crippen molar-refractivity contribution in [2.75, 3.05) is 6.54 Å². The normalized spacial score (nSPS) is 11.3. The maximum absolute atomic E-state index is 5.56. The van der Waals surface area contributed by atoms with Gasteiger partial charge in [0.05, 0.1) is 5.69 Å². The molecule has 0 unspecified atom stereocenters. The third-order valence-corrected chi connectivity index (χ3v) is 3.15. The lowest BCUT2D eigenvalue weighted by Gasteiger charge is -1.99. The molecule has 0 aliphatic rings. The van der Waals surface area contributed by atoms with Gasteiger partial charge in [0.25, 0.3) is 0 Å². The summed E-state index contributed by atoms with van der Waals surface area (Å²) in [6, 6.07) is 0. The average Bonchev–Trinajstić information content (AvgIpc) is 2.57. The first-order valence-corrected chi connectivity index (χ1v) is 5.24. The fourth-order valence-electron chi connectivity index (χ4n) is 1.60. The number of aryl methyl sites for hydroxylation is 2. The number of rotatable bonds is 2. The molecular weight excluding hydrogens is 182 g/mol. The molecule has 0 fully saturated rings. The van der Waals surface area contributed by atoms with E-state index in [1.807, 2.05) is 6.92 Å². The number of nitrogens with zero attached hydrogens (tertiary/aromatic N) is 2. The van der Waals surface area contributed by atoms with Crippen molar-refractivity contribution in [1.82, 2.24) is 9.38 Å². The molecule has 2 aromatic rings. The van der Waals surface area contributed by atoms with Gasteiger partial charge in [-0.25, -0.2) is 4.98 Å². The molecule has 0 aliphatic carbocycles. The Balaban J connectivity index is 2.67. The fourth-order valence-corrected chi connectivity index (χ4v) is 2.53. The molecule has 0 saturated carbocycles. The molecule has 2 rings (SSSR count). The summed E-state index contributed by atoms with van der Waals surface area (Å²) in [5.74, 6) is 0. The number of thiazole rings is 1. The summed E-state index contributed by atoms with van der Waals surface area (Å²) in [5.41, 5.74) is 9.19. The zero-order valence-corrected chi connectivity index (χ0v) is 8.69. The van der Waals surface area contributed by atoms with Crippen molar-refractivity contribution in [2.45, 2.75) is 20.3 Å². The van der Waals surface area contributed by atoms with Crippen LogP contribution in [-0.4, -0.2) is 15.9 Å². The van der Waals surface area contributed by atoms with Crippen LogP contribution in [0.3, 0.4) is 0 Å². The van der Waals surface area contributed by atoms with Gasteiger partial charge in [-0.1, -0.05) is 0 Å². The first kappa shape index (κ1) is 8.72. The summed E-state index contributed by atoms with van der Waals surface area (Å²) in [4.78, 5) is 5.56. The van der Waals surface area contributed by atoms with E-state index in [9.17, 15) is 0 Å². The molecule has 0 saturated heterocycles. The molecule has 3 nitrogen and oxygen atoms in total. The summed E-state index contributed by atoms with van der Waals surface area (Å²) < 4.78 is 2.20. The third kappa shape index (κ3) is 1.26. The number of hydrogen-bond acceptors (Lipinski definition) is 3. The smallest absolute Gasteiger partial charge is 0.194 e. The second-order valence-electron chi connectivity index (χ2n) is 3.18. The highest BCUT2D eigenvalue weighted by Crippen LogP contribution is 2.20. The molecule has 0 atom stereocenters. The Bertz CT molecular complexity index is 427. The molecule has 2 N–H and O–H groups in total. The molecule has 0 amide bonds. The van der Waals surface area contributed by atoms with Crippen molar-refractivity contribution in [3.8, 4) is 0 Å². The van der Waals surface area contributed by atoms with Gasteiger partial charge in [0.15, 0.2) is 4.96 Å². The molecule has 4 heteroatoms. The van der Waals surface area contributed by atoms with Gasteiger partial charge in [-0.3, -0.25) is 4.40 Å². The molecule has 0 spiro atoms. The Kier molecular flexibility index (Phi) is 2.09. The highest BCUT2D eigenvalue weighted by atomic mass is 32.1. The highest BCUT2D eigenvalue weighted by Gasteiger charge is 2.10. The van der Waals surface area contributed by atoms with Gasteiger partial charge in [0.1, 0.15) is 0 Å². The van der Waals surface area contributed by atoms with Crippen LogP contribution < -0.4 is 5.73 Å². The SMILES string of the molecule is Cc1nc2scc(C)n2c1CCN. The van der Waals surface area contributed by atoms with Gasteiger partial charge in [0, 0.05) is 23.2 Å². The van der Waals surface area contributed by atoms with Crippen LogP contribution in [0.4, 0.5) is 0 Å². The maximum atomic E-state index is 5.56. The average molecular weight is 195 g/mol. The summed E-state index contributed by atoms with van der Waals surface area (Å²) in [5, 5.41) is 2.13. The van der Waals surface area contributed by atoms with Crippen LogP contribution in [-0.2, 0) is 6.42 Å². The van der Waals surface area contributed by atoms with Crippen LogP contribution in [0, 0.1) is 13.8 Å². The third-order valence-electron chi connectivity index (χ3n) is 2.21. The zero-order chi connectivity index (χ0) is 9.42. The molecule has 2 aromatic heterocycles. The first-order chi connectivity index (χ1) is 6.24. The Labute approximate surface area is 81.2 Å². The summed E-state index contributed by atoms with van der Waals surface area (Å²) in [6.45, 7) is 4.83. The lowest BCUT2D eigenvalue weighted by molar-refractivity contribution is 0.884. The molecule has 13 heavy (non-hydrogen) atoms. The maximum Gasteiger partial charge on any atom is 0.194 e. The Morgan fingerprint density at radius 3 is 3.00 bits per heavy atom. The lowest BCUT2D eigenvalue weighted by Crippen LogP contribution is -2.06. The number of fused-ring (bicyclic) bond motifs is 1. The van der Waals surface area contributed by atoms with E-state index in [4.69, 9.17) is 5.73 Å². The van der Waals surface area contributed by atoms with E-state index in [0.717, 1.165) is 17.1 Å². The van der Waals surface area contributed by atoms with Crippen molar-refractivity contribution in [3.05, 3.63) is 22.5 Å². The summed E-state index contributed by atoms with van der Waals surface area (Å²) in [6.07, 6.45) is 0.907. The van der Waals surface area contributed by atoms with Crippen molar-refractivity contribution in [3.63, 3.8) is 0 Å². The van der Waals surface area contributed by atoms with Crippen LogP contribution >= 0.6 is 11.3 Å². The van der Waals surface area contributed by atoms with Crippen LogP contribution in [0.2, 0.25) is 0 Å². The predicted octanol–water partition coefficient (Wildman–Crippen LogP) is 1.51. The van der Waals surface area contributed by atoms with E-state index in [2.05, 4.69) is 21.7 Å². The first-order valence-electron chi connectivity index (χ1n) is 4.36. The predicted molar refractivity (Wildman–Crippen MR) is 55.3 cm³/mol. The fraction of sp³-hybridized carbons (Fsp3) is 0.444. The standard InChI is InChI=1S/C9H13N3S/c1-6-5-13-9-11-7(2)8(3-4-10)12(6)9/h5H,3-4,10H2,1-2H3. The minimum atomic E-state index is 0.684. The Morgan fingerprint density at radius 2 is 2.31 bits per heavy atom. The molecule has 0 bridgehead atoms. The van der Waals surface area contributed by atoms with E-state index < -0.39 is 0 Å². The minimum absolute atomic E-state index is 0.684. The summed E-state index contributed by atoms with van der Waals surface area (Å²) >= 11 is 1.69. The van der Waals surface area contributed by atoms with Gasteiger partial charge in [0.2, 0.25) is 0 Å². The molecular formula is C9H13N3S. The van der Waals surface area contributed by atoms with E-state index >= 15 is 0 Å². The number of imidazole rings is 1. The molecule has 0 aliphatic heterocycles. The van der Waals surface area contributed by atoms with Crippen molar-refractivity contribution in [1.29, 1.82) is 0 Å². The zero-order valence-electron chi connectivity index (χ0n) is 7.87. The highest BCUT2D eigenvalue weighted by molar-refractivity contribution is 7.15. The molecule has 0 radical (unpaired) electrons. The van der Waals surface area contributed by atoms with E-state index in [1.165, 1.54) is 11.4 Å². The topological polar surface area (TPSA) is 43.3 Å². The Hall–Kier alpha value is -0.870. The van der Waals surface area contributed by atoms with Gasteiger partial charge in [-0.05, 0) is 20.4 Å². The van der Waals surface area contributed by atoms with E-state index in [0.29, 0.717) is 6.54 Å². The molecule has 70 valence electrons. The quantitative estimate of drug-likeness (QED) is 0.789. The minimum Gasteiger partial charge on any atom is -0.330 e. The van der Waals surface area contributed by atoms with Crippen LogP contribution in [0.5, 0.6) is 0 Å². The Morgan fingerprint density at radius 1 is 1.54 bits per heavy atom. The van der Waals surface area contributed by atoms with Gasteiger partial charge in [-0.2, -0.15) is 0 Å². The number of hydrogen-bond donors (Lipinski definition) is 1. The van der Waals surface area contributed by atoms with Crippen LogP contribution in [0.1, 0.15) is 17.1 Å². The largest absolute Gasteiger partial charge is 0.330 e. The van der Waals surface area contributed by atoms with Gasteiger partial charge in [-0.15, -0.1) is 11.3 Å². The van der Waals surface area contributed by atoms with Crippen LogP contribution in [0.15, 0.2) is 5.38 Å². The molecule has 2 heterocycles. The van der Waals surface area contributed by atoms with E-state index in [1.54, 1.807) is 11.3 Å². The lowest BCUT2D eigenvalue weighted by atomic mass is 10.2. The summed E-state index contributed by atoms with van der Waals surface area (Å²) in [7, 11) is 0. The van der Waals surface area contributed by atoms with E-state index in [-0.39, 0.29) is 0 Å².